The minimum absolute atomic E-state index is 0.202. The molecule has 0 aliphatic carbocycles. The lowest BCUT2D eigenvalue weighted by Gasteiger charge is -2.29. The Morgan fingerprint density at radius 2 is 1.93 bits per heavy atom. The lowest BCUT2D eigenvalue weighted by molar-refractivity contribution is 0.102. The Labute approximate surface area is 165 Å². The van der Waals surface area contributed by atoms with Crippen LogP contribution in [0.15, 0.2) is 29.2 Å². The lowest BCUT2D eigenvalue weighted by atomic mass is 10.0. The molecule has 1 amide bonds. The second-order valence-electron chi connectivity index (χ2n) is 7.13. The van der Waals surface area contributed by atoms with E-state index < -0.39 is 15.9 Å². The Morgan fingerprint density at radius 1 is 1.26 bits per heavy atom. The summed E-state index contributed by atoms with van der Waals surface area (Å²) in [4.78, 5) is 15.8. The zero-order valence-electron chi connectivity index (χ0n) is 15.7. The lowest BCUT2D eigenvalue weighted by Crippen LogP contribution is -2.38. The molecule has 0 spiro atoms. The number of rotatable bonds is 4. The molecule has 1 saturated heterocycles. The molecule has 1 aliphatic rings. The van der Waals surface area contributed by atoms with Gasteiger partial charge in [0.2, 0.25) is 10.0 Å². The Kier molecular flexibility index (Phi) is 5.65. The number of aryl methyl sites for hydroxylation is 1. The highest BCUT2D eigenvalue weighted by Gasteiger charge is 2.33. The highest BCUT2D eigenvalue weighted by molar-refractivity contribution is 7.89. The van der Waals surface area contributed by atoms with Gasteiger partial charge in [0, 0.05) is 29.5 Å². The van der Waals surface area contributed by atoms with Gasteiger partial charge in [-0.15, -0.1) is 0 Å². The summed E-state index contributed by atoms with van der Waals surface area (Å²) in [6.07, 6.45) is 1.70. The van der Waals surface area contributed by atoms with Crippen molar-refractivity contribution in [1.29, 1.82) is 0 Å². The molecular weight excluding hydrogens is 386 g/mol. The summed E-state index contributed by atoms with van der Waals surface area (Å²) in [7, 11) is -3.64. The fraction of sp³-hybridized carbons (Fsp3) is 0.421. The van der Waals surface area contributed by atoms with E-state index in [-0.39, 0.29) is 10.6 Å². The smallest absolute Gasteiger partial charge is 0.272 e. The number of carbonyl (C=O) groups excluding carboxylic acids is 1. The van der Waals surface area contributed by atoms with E-state index in [1.165, 1.54) is 4.31 Å². The zero-order valence-corrected chi connectivity index (χ0v) is 17.2. The van der Waals surface area contributed by atoms with Crippen LogP contribution in [-0.2, 0) is 10.0 Å². The number of hydrogen-bond acceptors (Lipinski definition) is 3. The van der Waals surface area contributed by atoms with E-state index in [1.54, 1.807) is 38.1 Å². The molecule has 0 unspecified atom stereocenters. The first-order valence-electron chi connectivity index (χ1n) is 8.96. The molecule has 2 heterocycles. The van der Waals surface area contributed by atoms with Crippen LogP contribution >= 0.6 is 11.6 Å². The molecule has 1 aromatic carbocycles. The Hall–Kier alpha value is -1.83. The predicted octanol–water partition coefficient (Wildman–Crippen LogP) is 3.96. The number of aromatic nitrogens is 1. The molecule has 1 fully saturated rings. The van der Waals surface area contributed by atoms with Crippen LogP contribution in [0.1, 0.15) is 41.5 Å². The van der Waals surface area contributed by atoms with Gasteiger partial charge in [-0.1, -0.05) is 24.6 Å². The molecule has 0 radical (unpaired) electrons. The molecule has 0 atom stereocenters. The van der Waals surface area contributed by atoms with Gasteiger partial charge in [0.1, 0.15) is 10.6 Å². The first kappa shape index (κ1) is 19.9. The summed E-state index contributed by atoms with van der Waals surface area (Å²) < 4.78 is 27.8. The molecule has 2 N–H and O–H groups in total. The SMILES string of the molecule is Cc1[nH]c(C(=O)Nc2cccc(Cl)c2)c(C)c1S(=O)(=O)N1CCC(C)CC1. The maximum absolute atomic E-state index is 13.1. The van der Waals surface area contributed by atoms with Crippen molar-refractivity contribution in [3.63, 3.8) is 0 Å². The summed E-state index contributed by atoms with van der Waals surface area (Å²) in [5.74, 6) is 0.135. The van der Waals surface area contributed by atoms with Crippen LogP contribution in [0.5, 0.6) is 0 Å². The average Bonchev–Trinajstić information content (AvgIpc) is 2.90. The van der Waals surface area contributed by atoms with Crippen molar-refractivity contribution in [3.05, 3.63) is 46.2 Å². The number of amides is 1. The van der Waals surface area contributed by atoms with Gasteiger partial charge in [-0.05, 0) is 56.4 Å². The third-order valence-corrected chi connectivity index (χ3v) is 7.43. The second-order valence-corrected chi connectivity index (χ2v) is 9.44. The van der Waals surface area contributed by atoms with Gasteiger partial charge in [-0.3, -0.25) is 4.79 Å². The standard InChI is InChI=1S/C19H24ClN3O3S/c1-12-7-9-23(10-8-12)27(25,26)18-13(2)17(21-14(18)3)19(24)22-16-6-4-5-15(20)11-16/h4-6,11-12,21H,7-10H2,1-3H3,(H,22,24). The van der Waals surface area contributed by atoms with Crippen molar-refractivity contribution in [3.8, 4) is 0 Å². The number of piperidine rings is 1. The normalized spacial score (nSPS) is 16.4. The van der Waals surface area contributed by atoms with Crippen LogP contribution in [0.25, 0.3) is 0 Å². The third kappa shape index (κ3) is 4.05. The van der Waals surface area contributed by atoms with E-state index in [4.69, 9.17) is 11.6 Å². The summed E-state index contributed by atoms with van der Waals surface area (Å²) >= 11 is 5.95. The van der Waals surface area contributed by atoms with Crippen molar-refractivity contribution < 1.29 is 13.2 Å². The molecular formula is C19H24ClN3O3S. The molecule has 27 heavy (non-hydrogen) atoms. The maximum atomic E-state index is 13.1. The van der Waals surface area contributed by atoms with Crippen LogP contribution in [0.4, 0.5) is 5.69 Å². The number of halogens is 1. The van der Waals surface area contributed by atoms with Crippen molar-refractivity contribution in [2.75, 3.05) is 18.4 Å². The Bertz CT molecular complexity index is 961. The molecule has 0 saturated carbocycles. The van der Waals surface area contributed by atoms with Crippen molar-refractivity contribution in [2.45, 2.75) is 38.5 Å². The maximum Gasteiger partial charge on any atom is 0.272 e. The van der Waals surface area contributed by atoms with Crippen molar-refractivity contribution in [2.24, 2.45) is 5.92 Å². The number of H-pyrrole nitrogens is 1. The summed E-state index contributed by atoms with van der Waals surface area (Å²) in [6, 6.07) is 6.81. The van der Waals surface area contributed by atoms with Gasteiger partial charge < -0.3 is 10.3 Å². The van der Waals surface area contributed by atoms with Crippen LogP contribution in [-0.4, -0.2) is 36.7 Å². The van der Waals surface area contributed by atoms with E-state index in [9.17, 15) is 13.2 Å². The van der Waals surface area contributed by atoms with E-state index in [2.05, 4.69) is 17.2 Å². The van der Waals surface area contributed by atoms with Crippen LogP contribution in [0.3, 0.4) is 0 Å². The van der Waals surface area contributed by atoms with Gasteiger partial charge in [0.25, 0.3) is 5.91 Å². The monoisotopic (exact) mass is 409 g/mol. The minimum Gasteiger partial charge on any atom is -0.353 e. The predicted molar refractivity (Wildman–Crippen MR) is 107 cm³/mol. The van der Waals surface area contributed by atoms with Gasteiger partial charge in [0.05, 0.1) is 0 Å². The first-order chi connectivity index (χ1) is 12.7. The quantitative estimate of drug-likeness (QED) is 0.801. The van der Waals surface area contributed by atoms with E-state index in [0.717, 1.165) is 12.8 Å². The fourth-order valence-electron chi connectivity index (χ4n) is 3.46. The van der Waals surface area contributed by atoms with Gasteiger partial charge in [0.15, 0.2) is 0 Å². The number of benzene rings is 1. The van der Waals surface area contributed by atoms with Crippen LogP contribution in [0.2, 0.25) is 5.02 Å². The number of aromatic amines is 1. The molecule has 3 rings (SSSR count). The highest BCUT2D eigenvalue weighted by Crippen LogP contribution is 2.30. The second kappa shape index (κ2) is 7.66. The van der Waals surface area contributed by atoms with Crippen molar-refractivity contribution in [1.82, 2.24) is 9.29 Å². The summed E-state index contributed by atoms with van der Waals surface area (Å²) in [6.45, 7) is 6.50. The molecule has 8 heteroatoms. The Balaban J connectivity index is 1.89. The molecule has 6 nitrogen and oxygen atoms in total. The van der Waals surface area contributed by atoms with Gasteiger partial charge in [-0.2, -0.15) is 4.31 Å². The van der Waals surface area contributed by atoms with E-state index in [1.807, 2.05) is 0 Å². The van der Waals surface area contributed by atoms with Crippen molar-refractivity contribution >= 4 is 33.2 Å². The number of anilines is 1. The van der Waals surface area contributed by atoms with Gasteiger partial charge in [-0.25, -0.2) is 8.42 Å². The topological polar surface area (TPSA) is 82.3 Å². The Morgan fingerprint density at radius 3 is 2.56 bits per heavy atom. The molecule has 1 aliphatic heterocycles. The zero-order chi connectivity index (χ0) is 19.8. The number of hydrogen-bond donors (Lipinski definition) is 2. The number of sulfonamides is 1. The summed E-state index contributed by atoms with van der Waals surface area (Å²) in [5.41, 5.74) is 1.71. The molecule has 2 aromatic rings. The third-order valence-electron chi connectivity index (χ3n) is 5.02. The van der Waals surface area contributed by atoms with Crippen LogP contribution in [0, 0.1) is 19.8 Å². The van der Waals surface area contributed by atoms with E-state index >= 15 is 0 Å². The largest absolute Gasteiger partial charge is 0.353 e. The molecule has 146 valence electrons. The van der Waals surface area contributed by atoms with Crippen LogP contribution < -0.4 is 5.32 Å². The average molecular weight is 410 g/mol. The first-order valence-corrected chi connectivity index (χ1v) is 10.8. The van der Waals surface area contributed by atoms with E-state index in [0.29, 0.717) is 41.0 Å². The summed E-state index contributed by atoms with van der Waals surface area (Å²) in [5, 5.41) is 3.26. The molecule has 0 bridgehead atoms. The van der Waals surface area contributed by atoms with Gasteiger partial charge >= 0.3 is 0 Å². The molecule has 1 aromatic heterocycles. The fourth-order valence-corrected chi connectivity index (χ4v) is 5.53. The number of carbonyl (C=O) groups is 1. The number of nitrogens with zero attached hydrogens (tertiary/aromatic N) is 1. The minimum atomic E-state index is -3.64. The highest BCUT2D eigenvalue weighted by atomic mass is 35.5. The number of nitrogens with one attached hydrogen (secondary N) is 2.